The van der Waals surface area contributed by atoms with Gasteiger partial charge >= 0.3 is 0 Å². The molecule has 224 valence electrons. The molecule has 1 heterocycles. The summed E-state index contributed by atoms with van der Waals surface area (Å²) < 4.78 is 12.5. The van der Waals surface area contributed by atoms with E-state index >= 15 is 0 Å². The predicted octanol–water partition coefficient (Wildman–Crippen LogP) is 10.0. The maximum Gasteiger partial charge on any atom is 0.271 e. The normalized spacial score (nSPS) is 11.0. The quantitative estimate of drug-likeness (QED) is 0.104. The largest absolute Gasteiger partial charge is 0.490 e. The van der Waals surface area contributed by atoms with Crippen LogP contribution in [0.2, 0.25) is 15.1 Å². The summed E-state index contributed by atoms with van der Waals surface area (Å²) in [5.41, 5.74) is 7.17. The van der Waals surface area contributed by atoms with Crippen LogP contribution < -0.4 is 20.2 Å². The first-order valence-corrected chi connectivity index (χ1v) is 16.0. The van der Waals surface area contributed by atoms with Gasteiger partial charge in [0.05, 0.1) is 28.6 Å². The summed E-state index contributed by atoms with van der Waals surface area (Å²) in [4.78, 5) is 17.4. The van der Waals surface area contributed by atoms with E-state index < -0.39 is 0 Å². The molecule has 0 aliphatic carbocycles. The Balaban J connectivity index is 1.20. The number of nitrogens with zero attached hydrogens (tertiary/aromatic N) is 2. The van der Waals surface area contributed by atoms with Crippen LogP contribution in [0.4, 0.5) is 10.8 Å². The van der Waals surface area contributed by atoms with Gasteiger partial charge in [0.15, 0.2) is 16.6 Å². The molecule has 5 rings (SSSR count). The number of amides is 1. The minimum atomic E-state index is -0.348. The van der Waals surface area contributed by atoms with Crippen molar-refractivity contribution < 1.29 is 14.3 Å². The molecule has 0 saturated carbocycles. The predicted molar refractivity (Wildman–Crippen MR) is 183 cm³/mol. The number of benzene rings is 4. The Bertz CT molecular complexity index is 1800. The minimum Gasteiger partial charge on any atom is -0.490 e. The fourth-order valence-electron chi connectivity index (χ4n) is 3.96. The topological polar surface area (TPSA) is 84.8 Å². The van der Waals surface area contributed by atoms with Gasteiger partial charge in [-0.15, -0.1) is 11.3 Å². The number of nitrogens with one attached hydrogen (secondary N) is 2. The zero-order chi connectivity index (χ0) is 31.1. The molecule has 44 heavy (non-hydrogen) atoms. The van der Waals surface area contributed by atoms with Crippen LogP contribution in [0.1, 0.15) is 28.4 Å². The van der Waals surface area contributed by atoms with E-state index in [0.717, 1.165) is 27.6 Å². The van der Waals surface area contributed by atoms with E-state index in [1.54, 1.807) is 36.4 Å². The molecule has 0 spiro atoms. The third-order valence-corrected chi connectivity index (χ3v) is 8.59. The molecule has 0 radical (unpaired) electrons. The summed E-state index contributed by atoms with van der Waals surface area (Å²) in [6.45, 7) is 2.60. The monoisotopic (exact) mass is 728 g/mol. The second kappa shape index (κ2) is 14.9. The van der Waals surface area contributed by atoms with Crippen LogP contribution in [-0.2, 0) is 6.61 Å². The summed E-state index contributed by atoms with van der Waals surface area (Å²) >= 11 is 23.1. The van der Waals surface area contributed by atoms with Crippen LogP contribution >= 0.6 is 62.1 Å². The first-order chi connectivity index (χ1) is 21.3. The lowest BCUT2D eigenvalue weighted by Crippen LogP contribution is -2.17. The molecule has 12 heteroatoms. The van der Waals surface area contributed by atoms with Crippen molar-refractivity contribution in [3.8, 4) is 22.8 Å². The fourth-order valence-corrected chi connectivity index (χ4v) is 5.57. The Morgan fingerprint density at radius 3 is 2.43 bits per heavy atom. The summed E-state index contributed by atoms with van der Waals surface area (Å²) in [7, 11) is 0. The van der Waals surface area contributed by atoms with Crippen molar-refractivity contribution in [2.45, 2.75) is 13.5 Å². The van der Waals surface area contributed by atoms with Crippen molar-refractivity contribution in [3.05, 3.63) is 120 Å². The third kappa shape index (κ3) is 8.31. The number of halogens is 4. The molecule has 0 bridgehead atoms. The lowest BCUT2D eigenvalue weighted by molar-refractivity contribution is 0.0955. The first-order valence-electron chi connectivity index (χ1n) is 13.2. The SMILES string of the molecule is CCOc1cc(/C=N\NC(=O)c2ccc(-c3csc(Nc4ccc(Cl)cc4)n3)cc2)c(Br)cc1OCc1ccc(Cl)c(Cl)c1. The number of aromatic nitrogens is 1. The van der Waals surface area contributed by atoms with Gasteiger partial charge in [0.2, 0.25) is 0 Å². The molecule has 4 aromatic carbocycles. The lowest BCUT2D eigenvalue weighted by Gasteiger charge is -2.14. The van der Waals surface area contributed by atoms with Crippen molar-refractivity contribution in [1.29, 1.82) is 0 Å². The Kier molecular flexibility index (Phi) is 10.8. The van der Waals surface area contributed by atoms with Crippen LogP contribution in [0.25, 0.3) is 11.3 Å². The van der Waals surface area contributed by atoms with Gasteiger partial charge in [-0.05, 0) is 89.1 Å². The Morgan fingerprint density at radius 2 is 1.70 bits per heavy atom. The van der Waals surface area contributed by atoms with Crippen molar-refractivity contribution in [2.24, 2.45) is 5.10 Å². The average Bonchev–Trinajstić information content (AvgIpc) is 3.49. The number of carbonyl (C=O) groups is 1. The maximum absolute atomic E-state index is 12.8. The van der Waals surface area contributed by atoms with Gasteiger partial charge in [-0.25, -0.2) is 10.4 Å². The van der Waals surface area contributed by atoms with Crippen LogP contribution in [-0.4, -0.2) is 23.7 Å². The number of anilines is 2. The molecule has 0 aliphatic heterocycles. The number of rotatable bonds is 11. The molecule has 1 amide bonds. The smallest absolute Gasteiger partial charge is 0.271 e. The fraction of sp³-hybridized carbons (Fsp3) is 0.0938. The Labute approximate surface area is 281 Å². The summed E-state index contributed by atoms with van der Waals surface area (Å²) in [6, 6.07) is 23.5. The molecule has 0 unspecified atom stereocenters. The third-order valence-electron chi connectivity index (χ3n) is 6.15. The zero-order valence-corrected chi connectivity index (χ0v) is 27.8. The molecule has 0 aliphatic rings. The van der Waals surface area contributed by atoms with E-state index in [9.17, 15) is 4.79 Å². The number of hydrogen-bond acceptors (Lipinski definition) is 7. The average molecular weight is 731 g/mol. The highest BCUT2D eigenvalue weighted by Crippen LogP contribution is 2.34. The van der Waals surface area contributed by atoms with Gasteiger partial charge in [-0.2, -0.15) is 5.10 Å². The molecule has 1 aromatic heterocycles. The van der Waals surface area contributed by atoms with Crippen LogP contribution in [0.5, 0.6) is 11.5 Å². The highest BCUT2D eigenvalue weighted by atomic mass is 79.9. The number of thiazole rings is 1. The molecule has 2 N–H and O–H groups in total. The zero-order valence-electron chi connectivity index (χ0n) is 23.1. The van der Waals surface area contributed by atoms with E-state index in [-0.39, 0.29) is 12.5 Å². The number of hydrogen-bond donors (Lipinski definition) is 2. The van der Waals surface area contributed by atoms with Gasteiger partial charge < -0.3 is 14.8 Å². The van der Waals surface area contributed by atoms with Gasteiger partial charge in [0.1, 0.15) is 6.61 Å². The number of hydrazone groups is 1. The van der Waals surface area contributed by atoms with Gasteiger partial charge in [-0.3, -0.25) is 4.79 Å². The highest BCUT2D eigenvalue weighted by molar-refractivity contribution is 9.10. The van der Waals surface area contributed by atoms with E-state index in [1.807, 2.05) is 54.8 Å². The van der Waals surface area contributed by atoms with E-state index in [2.05, 4.69) is 36.8 Å². The van der Waals surface area contributed by atoms with Gasteiger partial charge in [0, 0.05) is 37.3 Å². The summed E-state index contributed by atoms with van der Waals surface area (Å²) in [5.74, 6) is 0.727. The lowest BCUT2D eigenvalue weighted by atomic mass is 10.1. The molecule has 7 nitrogen and oxygen atoms in total. The van der Waals surface area contributed by atoms with Crippen molar-refractivity contribution in [3.63, 3.8) is 0 Å². The number of ether oxygens (including phenoxy) is 2. The van der Waals surface area contributed by atoms with Crippen molar-refractivity contribution in [2.75, 3.05) is 11.9 Å². The van der Waals surface area contributed by atoms with Crippen LogP contribution in [0, 0.1) is 0 Å². The van der Waals surface area contributed by atoms with Crippen molar-refractivity contribution >= 4 is 85.0 Å². The number of carbonyl (C=O) groups excluding carboxylic acids is 1. The second-order valence-electron chi connectivity index (χ2n) is 9.24. The molecular formula is C32H24BrCl3N4O3S. The van der Waals surface area contributed by atoms with Crippen LogP contribution in [0.3, 0.4) is 0 Å². The highest BCUT2D eigenvalue weighted by Gasteiger charge is 2.12. The molecule has 0 saturated heterocycles. The second-order valence-corrected chi connectivity index (χ2v) is 12.2. The summed E-state index contributed by atoms with van der Waals surface area (Å²) in [6.07, 6.45) is 1.53. The molecule has 0 atom stereocenters. The van der Waals surface area contributed by atoms with E-state index in [1.165, 1.54) is 17.6 Å². The van der Waals surface area contributed by atoms with Gasteiger partial charge in [-0.1, -0.05) is 53.0 Å². The van der Waals surface area contributed by atoms with Gasteiger partial charge in [0.25, 0.3) is 5.91 Å². The van der Waals surface area contributed by atoms with E-state index in [4.69, 9.17) is 44.3 Å². The van der Waals surface area contributed by atoms with Crippen LogP contribution in [0.15, 0.2) is 93.8 Å². The standard InChI is InChI=1S/C32H24BrCl3N4O3S/c1-2-42-29-14-22(25(33)15-30(29)43-17-19-3-12-26(35)27(36)13-19)16-37-40-31(41)21-6-4-20(5-7-21)28-18-44-32(39-28)38-24-10-8-23(34)9-11-24/h3-16,18H,2,17H2,1H3,(H,38,39)(H,40,41)/b37-16-. The Morgan fingerprint density at radius 1 is 0.955 bits per heavy atom. The van der Waals surface area contributed by atoms with Crippen molar-refractivity contribution in [1.82, 2.24) is 10.4 Å². The van der Waals surface area contributed by atoms with E-state index in [0.29, 0.717) is 48.8 Å². The first kappa shape index (κ1) is 31.8. The summed E-state index contributed by atoms with van der Waals surface area (Å²) in [5, 5.41) is 11.7. The maximum atomic E-state index is 12.8. The molecular weight excluding hydrogens is 707 g/mol. The molecule has 0 fully saturated rings. The molecule has 5 aromatic rings. The minimum absolute atomic E-state index is 0.273. The Hall–Kier alpha value is -3.60.